The Bertz CT molecular complexity index is 1470. The summed E-state index contributed by atoms with van der Waals surface area (Å²) < 4.78 is 2.82. The summed E-state index contributed by atoms with van der Waals surface area (Å²) in [6, 6.07) is 22.0. The van der Waals surface area contributed by atoms with Gasteiger partial charge in [-0.15, -0.1) is 0 Å². The predicted octanol–water partition coefficient (Wildman–Crippen LogP) is 6.49. The lowest BCUT2D eigenvalue weighted by Crippen LogP contribution is -2.15. The summed E-state index contributed by atoms with van der Waals surface area (Å²) in [4.78, 5) is 17.8. The van der Waals surface area contributed by atoms with E-state index in [4.69, 9.17) is 4.98 Å². The monoisotopic (exact) mass is 440 g/mol. The van der Waals surface area contributed by atoms with Gasteiger partial charge >= 0.3 is 0 Å². The summed E-state index contributed by atoms with van der Waals surface area (Å²) in [5.74, 6) is 0.434. The van der Waals surface area contributed by atoms with E-state index in [-0.39, 0.29) is 11.3 Å². The Labute approximate surface area is 190 Å². The Hall–Kier alpha value is -3.51. The molecule has 1 N–H and O–H groups in total. The molecule has 0 atom stereocenters. The summed E-state index contributed by atoms with van der Waals surface area (Å²) >= 11 is 1.57. The predicted molar refractivity (Wildman–Crippen MR) is 132 cm³/mol. The SMILES string of the molecule is Cc1cc(NC(=O)c2ccc3ccccc3c2)n(-c2nc3ccc(C(C)(C)C)cc3s2)n1. The average molecular weight is 441 g/mol. The van der Waals surface area contributed by atoms with Crippen molar-refractivity contribution in [3.05, 3.63) is 83.6 Å². The molecule has 0 aliphatic heterocycles. The molecule has 5 aromatic rings. The first-order valence-corrected chi connectivity index (χ1v) is 11.4. The van der Waals surface area contributed by atoms with E-state index >= 15 is 0 Å². The van der Waals surface area contributed by atoms with Gasteiger partial charge in [-0.25, -0.2) is 4.98 Å². The smallest absolute Gasteiger partial charge is 0.256 e. The first kappa shape index (κ1) is 20.4. The Morgan fingerprint density at radius 2 is 1.75 bits per heavy atom. The molecular formula is C26H24N4OS. The molecule has 6 heteroatoms. The zero-order valence-corrected chi connectivity index (χ0v) is 19.3. The van der Waals surface area contributed by atoms with Gasteiger partial charge in [-0.05, 0) is 52.9 Å². The van der Waals surface area contributed by atoms with Crippen LogP contribution in [0.3, 0.4) is 0 Å². The normalized spacial score (nSPS) is 11.9. The maximum Gasteiger partial charge on any atom is 0.256 e. The largest absolute Gasteiger partial charge is 0.306 e. The lowest BCUT2D eigenvalue weighted by Gasteiger charge is -2.18. The van der Waals surface area contributed by atoms with Gasteiger partial charge in [0.15, 0.2) is 0 Å². The number of amides is 1. The number of carbonyl (C=O) groups is 1. The summed E-state index contributed by atoms with van der Waals surface area (Å²) in [5, 5.41) is 10.5. The van der Waals surface area contributed by atoms with Gasteiger partial charge in [0.2, 0.25) is 5.13 Å². The molecule has 5 rings (SSSR count). The Morgan fingerprint density at radius 1 is 0.969 bits per heavy atom. The lowest BCUT2D eigenvalue weighted by atomic mass is 9.87. The minimum atomic E-state index is -0.173. The number of hydrogen-bond donors (Lipinski definition) is 1. The van der Waals surface area contributed by atoms with Crippen molar-refractivity contribution in [1.82, 2.24) is 14.8 Å². The number of anilines is 1. The van der Waals surface area contributed by atoms with E-state index in [1.807, 2.05) is 55.5 Å². The minimum Gasteiger partial charge on any atom is -0.306 e. The van der Waals surface area contributed by atoms with E-state index in [2.05, 4.69) is 49.4 Å². The molecule has 0 aliphatic carbocycles. The summed E-state index contributed by atoms with van der Waals surface area (Å²) in [7, 11) is 0. The van der Waals surface area contributed by atoms with E-state index < -0.39 is 0 Å². The van der Waals surface area contributed by atoms with Crippen LogP contribution >= 0.6 is 11.3 Å². The zero-order valence-electron chi connectivity index (χ0n) is 18.5. The second kappa shape index (κ2) is 7.57. The molecule has 2 heterocycles. The number of aromatic nitrogens is 3. The Kier molecular flexibility index (Phi) is 4.82. The molecule has 0 saturated carbocycles. The number of nitrogens with one attached hydrogen (secondary N) is 1. The van der Waals surface area contributed by atoms with Crippen LogP contribution in [0.15, 0.2) is 66.7 Å². The van der Waals surface area contributed by atoms with Gasteiger partial charge < -0.3 is 5.32 Å². The van der Waals surface area contributed by atoms with Gasteiger partial charge in [0.1, 0.15) is 5.82 Å². The quantitative estimate of drug-likeness (QED) is 0.349. The number of hydrogen-bond acceptors (Lipinski definition) is 4. The highest BCUT2D eigenvalue weighted by molar-refractivity contribution is 7.20. The van der Waals surface area contributed by atoms with Crippen LogP contribution in [0.1, 0.15) is 42.4 Å². The molecule has 0 unspecified atom stereocenters. The van der Waals surface area contributed by atoms with Crippen LogP contribution in [-0.4, -0.2) is 20.7 Å². The van der Waals surface area contributed by atoms with Crippen molar-refractivity contribution in [2.24, 2.45) is 0 Å². The average Bonchev–Trinajstić information content (AvgIpc) is 3.35. The fourth-order valence-electron chi connectivity index (χ4n) is 3.72. The highest BCUT2D eigenvalue weighted by Crippen LogP contribution is 2.31. The summed E-state index contributed by atoms with van der Waals surface area (Å²) in [6.45, 7) is 8.52. The van der Waals surface area contributed by atoms with Gasteiger partial charge in [0.25, 0.3) is 5.91 Å². The lowest BCUT2D eigenvalue weighted by molar-refractivity contribution is 0.102. The van der Waals surface area contributed by atoms with Crippen LogP contribution in [0.25, 0.3) is 26.1 Å². The number of aryl methyl sites for hydroxylation is 1. The van der Waals surface area contributed by atoms with Gasteiger partial charge in [0, 0.05) is 11.6 Å². The van der Waals surface area contributed by atoms with E-state index in [1.54, 1.807) is 16.0 Å². The summed E-state index contributed by atoms with van der Waals surface area (Å²) in [6.07, 6.45) is 0. The van der Waals surface area contributed by atoms with Gasteiger partial charge in [-0.1, -0.05) is 68.5 Å². The van der Waals surface area contributed by atoms with Crippen molar-refractivity contribution in [1.29, 1.82) is 0 Å². The highest BCUT2D eigenvalue weighted by atomic mass is 32.1. The molecule has 0 saturated heterocycles. The minimum absolute atomic E-state index is 0.0691. The fourth-order valence-corrected chi connectivity index (χ4v) is 4.69. The van der Waals surface area contributed by atoms with Crippen molar-refractivity contribution < 1.29 is 4.79 Å². The molecule has 32 heavy (non-hydrogen) atoms. The van der Waals surface area contributed by atoms with E-state index in [0.29, 0.717) is 11.4 Å². The maximum atomic E-state index is 13.0. The second-order valence-electron chi connectivity index (χ2n) is 9.03. The third-order valence-corrected chi connectivity index (χ3v) is 6.50. The third kappa shape index (κ3) is 3.78. The van der Waals surface area contributed by atoms with Crippen molar-refractivity contribution in [3.63, 3.8) is 0 Å². The van der Waals surface area contributed by atoms with Crippen molar-refractivity contribution in [2.45, 2.75) is 33.1 Å². The van der Waals surface area contributed by atoms with E-state index in [9.17, 15) is 4.79 Å². The fraction of sp³-hybridized carbons (Fsp3) is 0.192. The van der Waals surface area contributed by atoms with Crippen molar-refractivity contribution in [3.8, 4) is 5.13 Å². The first-order chi connectivity index (χ1) is 15.3. The van der Waals surface area contributed by atoms with Crippen LogP contribution in [0.2, 0.25) is 0 Å². The molecular weight excluding hydrogens is 416 g/mol. The molecule has 0 radical (unpaired) electrons. The van der Waals surface area contributed by atoms with Crippen LogP contribution in [0.4, 0.5) is 5.82 Å². The number of rotatable bonds is 3. The van der Waals surface area contributed by atoms with E-state index in [1.165, 1.54) is 5.56 Å². The molecule has 0 aliphatic rings. The molecule has 2 aromatic heterocycles. The van der Waals surface area contributed by atoms with Gasteiger partial charge in [0.05, 0.1) is 15.9 Å². The number of nitrogens with zero attached hydrogens (tertiary/aromatic N) is 3. The Balaban J connectivity index is 1.49. The molecule has 1 amide bonds. The molecule has 3 aromatic carbocycles. The molecule has 0 bridgehead atoms. The Morgan fingerprint density at radius 3 is 2.53 bits per heavy atom. The number of fused-ring (bicyclic) bond motifs is 2. The molecule has 0 fully saturated rings. The maximum absolute atomic E-state index is 13.0. The zero-order chi connectivity index (χ0) is 22.5. The number of benzene rings is 3. The van der Waals surface area contributed by atoms with Crippen LogP contribution in [0, 0.1) is 6.92 Å². The first-order valence-electron chi connectivity index (χ1n) is 10.6. The molecule has 160 valence electrons. The van der Waals surface area contributed by atoms with Gasteiger partial charge in [-0.2, -0.15) is 9.78 Å². The molecule has 0 spiro atoms. The second-order valence-corrected chi connectivity index (χ2v) is 10.0. The third-order valence-electron chi connectivity index (χ3n) is 5.51. The number of carbonyl (C=O) groups excluding carboxylic acids is 1. The van der Waals surface area contributed by atoms with Crippen LogP contribution < -0.4 is 5.32 Å². The van der Waals surface area contributed by atoms with Crippen LogP contribution in [-0.2, 0) is 5.41 Å². The topological polar surface area (TPSA) is 59.8 Å². The molecule has 5 nitrogen and oxygen atoms in total. The van der Waals surface area contributed by atoms with E-state index in [0.717, 1.165) is 31.8 Å². The standard InChI is InChI=1S/C26H24N4OS/c1-16-13-23(28-24(31)19-10-9-17-7-5-6-8-18(17)14-19)30(29-16)25-27-21-12-11-20(26(2,3)4)15-22(21)32-25/h5-15H,1-4H3,(H,28,31). The highest BCUT2D eigenvalue weighted by Gasteiger charge is 2.18. The summed E-state index contributed by atoms with van der Waals surface area (Å²) in [5.41, 5.74) is 3.68. The van der Waals surface area contributed by atoms with Crippen LogP contribution in [0.5, 0.6) is 0 Å². The van der Waals surface area contributed by atoms with Crippen molar-refractivity contribution in [2.75, 3.05) is 5.32 Å². The number of thiazole rings is 1. The van der Waals surface area contributed by atoms with Gasteiger partial charge in [-0.3, -0.25) is 4.79 Å². The van der Waals surface area contributed by atoms with Crippen molar-refractivity contribution >= 4 is 44.1 Å².